The predicted octanol–water partition coefficient (Wildman–Crippen LogP) is 2.48. The van der Waals surface area contributed by atoms with Gasteiger partial charge in [-0.3, -0.25) is 4.79 Å². The van der Waals surface area contributed by atoms with Gasteiger partial charge in [-0.15, -0.1) is 0 Å². The van der Waals surface area contributed by atoms with Crippen molar-refractivity contribution in [2.24, 2.45) is 0 Å². The second kappa shape index (κ2) is 6.95. The molecule has 0 saturated carbocycles. The molecular formula is C15H20ClNO3. The Morgan fingerprint density at radius 3 is 3.00 bits per heavy atom. The van der Waals surface area contributed by atoms with Gasteiger partial charge in [0.2, 0.25) is 0 Å². The summed E-state index contributed by atoms with van der Waals surface area (Å²) < 4.78 is 5.48. The maximum atomic E-state index is 12.2. The fourth-order valence-corrected chi connectivity index (χ4v) is 2.78. The minimum atomic E-state index is -0.391. The highest BCUT2D eigenvalue weighted by Gasteiger charge is 2.29. The van der Waals surface area contributed by atoms with Gasteiger partial charge in [0.15, 0.2) is 6.61 Å². The van der Waals surface area contributed by atoms with E-state index in [1.165, 1.54) is 0 Å². The van der Waals surface area contributed by atoms with Crippen LogP contribution in [0, 0.1) is 0 Å². The largest absolute Gasteiger partial charge is 0.482 e. The first-order valence-electron chi connectivity index (χ1n) is 6.93. The van der Waals surface area contributed by atoms with Crippen LogP contribution < -0.4 is 4.74 Å². The molecule has 2 unspecified atom stereocenters. The lowest BCUT2D eigenvalue weighted by Crippen LogP contribution is -2.40. The third kappa shape index (κ3) is 3.87. The number of nitrogens with zero attached hydrogens (tertiary/aromatic N) is 1. The molecule has 0 aromatic heterocycles. The molecule has 1 saturated heterocycles. The van der Waals surface area contributed by atoms with Crippen molar-refractivity contribution in [3.05, 3.63) is 29.3 Å². The number of hydrogen-bond acceptors (Lipinski definition) is 3. The van der Waals surface area contributed by atoms with Crippen molar-refractivity contribution in [2.75, 3.05) is 13.2 Å². The van der Waals surface area contributed by atoms with Crippen LogP contribution in [0.2, 0.25) is 5.02 Å². The number of hydrogen-bond donors (Lipinski definition) is 1. The Labute approximate surface area is 124 Å². The van der Waals surface area contributed by atoms with Gasteiger partial charge >= 0.3 is 0 Å². The molecule has 1 heterocycles. The second-order valence-electron chi connectivity index (χ2n) is 5.19. The first kappa shape index (κ1) is 15.1. The van der Waals surface area contributed by atoms with Crippen LogP contribution in [0.3, 0.4) is 0 Å². The van der Waals surface area contributed by atoms with Gasteiger partial charge in [0, 0.05) is 12.6 Å². The zero-order valence-corrected chi connectivity index (χ0v) is 12.3. The molecule has 1 aromatic carbocycles. The van der Waals surface area contributed by atoms with Crippen molar-refractivity contribution in [1.82, 2.24) is 4.90 Å². The lowest BCUT2D eigenvalue weighted by atomic mass is 10.1. The molecule has 0 bridgehead atoms. The summed E-state index contributed by atoms with van der Waals surface area (Å²) in [5.74, 6) is 0.474. The molecular weight excluding hydrogens is 278 g/mol. The summed E-state index contributed by atoms with van der Waals surface area (Å²) in [6.45, 7) is 2.48. The van der Waals surface area contributed by atoms with Crippen LogP contribution in [0.5, 0.6) is 5.75 Å². The molecule has 1 aliphatic heterocycles. The fraction of sp³-hybridized carbons (Fsp3) is 0.533. The van der Waals surface area contributed by atoms with Crippen molar-refractivity contribution in [3.63, 3.8) is 0 Å². The lowest BCUT2D eigenvalue weighted by molar-refractivity contribution is -0.134. The highest BCUT2D eigenvalue weighted by molar-refractivity contribution is 6.32. The Hall–Kier alpha value is -1.26. The molecule has 0 aliphatic carbocycles. The van der Waals surface area contributed by atoms with Gasteiger partial charge in [0.25, 0.3) is 5.91 Å². The Kier molecular flexibility index (Phi) is 5.26. The Bertz CT molecular complexity index is 464. The van der Waals surface area contributed by atoms with Crippen molar-refractivity contribution in [3.8, 4) is 5.75 Å². The maximum Gasteiger partial charge on any atom is 0.260 e. The summed E-state index contributed by atoms with van der Waals surface area (Å²) in [4.78, 5) is 14.0. The number of aliphatic hydroxyl groups is 1. The van der Waals surface area contributed by atoms with E-state index in [2.05, 4.69) is 0 Å². The maximum absolute atomic E-state index is 12.2. The number of amides is 1. The number of aliphatic hydroxyl groups excluding tert-OH is 1. The molecule has 1 aromatic rings. The zero-order chi connectivity index (χ0) is 14.5. The van der Waals surface area contributed by atoms with E-state index in [0.29, 0.717) is 17.2 Å². The molecule has 1 aliphatic rings. The van der Waals surface area contributed by atoms with Crippen LogP contribution in [0.25, 0.3) is 0 Å². The molecule has 0 radical (unpaired) electrons. The first-order valence-corrected chi connectivity index (χ1v) is 7.30. The number of carbonyl (C=O) groups excluding carboxylic acids is 1. The SMILES string of the molecule is CC(O)CC1CCCN1C(=O)COc1ccccc1Cl. The van der Waals surface area contributed by atoms with E-state index in [4.69, 9.17) is 16.3 Å². The molecule has 4 nitrogen and oxygen atoms in total. The standard InChI is InChI=1S/C15H20ClNO3/c1-11(18)9-12-5-4-8-17(12)15(19)10-20-14-7-3-2-6-13(14)16/h2-3,6-7,11-12,18H,4-5,8-10H2,1H3. The zero-order valence-electron chi connectivity index (χ0n) is 11.6. The fourth-order valence-electron chi connectivity index (χ4n) is 2.59. The second-order valence-corrected chi connectivity index (χ2v) is 5.59. The molecule has 110 valence electrons. The number of carbonyl (C=O) groups is 1. The van der Waals surface area contributed by atoms with Crippen LogP contribution in [-0.4, -0.2) is 41.2 Å². The third-order valence-electron chi connectivity index (χ3n) is 3.50. The van der Waals surface area contributed by atoms with Gasteiger partial charge in [0.05, 0.1) is 11.1 Å². The quantitative estimate of drug-likeness (QED) is 0.908. The molecule has 20 heavy (non-hydrogen) atoms. The summed E-state index contributed by atoms with van der Waals surface area (Å²) in [6, 6.07) is 7.23. The van der Waals surface area contributed by atoms with E-state index in [1.807, 2.05) is 17.0 Å². The molecule has 5 heteroatoms. The summed E-state index contributed by atoms with van der Waals surface area (Å²) in [6.07, 6.45) is 2.16. The van der Waals surface area contributed by atoms with Gasteiger partial charge in [-0.25, -0.2) is 0 Å². The highest BCUT2D eigenvalue weighted by atomic mass is 35.5. The number of benzene rings is 1. The average Bonchev–Trinajstić information content (AvgIpc) is 2.85. The summed E-state index contributed by atoms with van der Waals surface area (Å²) >= 11 is 5.98. The van der Waals surface area contributed by atoms with Gasteiger partial charge in [-0.05, 0) is 38.3 Å². The number of para-hydroxylation sites is 1. The van der Waals surface area contributed by atoms with E-state index in [-0.39, 0.29) is 18.6 Å². The van der Waals surface area contributed by atoms with Crippen LogP contribution in [0.15, 0.2) is 24.3 Å². The Morgan fingerprint density at radius 2 is 2.30 bits per heavy atom. The minimum absolute atomic E-state index is 0.0138. The van der Waals surface area contributed by atoms with Gasteiger partial charge < -0.3 is 14.7 Å². The van der Waals surface area contributed by atoms with E-state index >= 15 is 0 Å². The Morgan fingerprint density at radius 1 is 1.55 bits per heavy atom. The van der Waals surface area contributed by atoms with Gasteiger partial charge in [-0.1, -0.05) is 23.7 Å². The van der Waals surface area contributed by atoms with Crippen molar-refractivity contribution in [2.45, 2.75) is 38.3 Å². The van der Waals surface area contributed by atoms with Crippen molar-refractivity contribution < 1.29 is 14.6 Å². The van der Waals surface area contributed by atoms with Crippen LogP contribution in [0.1, 0.15) is 26.2 Å². The van der Waals surface area contributed by atoms with E-state index in [1.54, 1.807) is 19.1 Å². The molecule has 2 atom stereocenters. The number of likely N-dealkylation sites (tertiary alicyclic amines) is 1. The molecule has 1 fully saturated rings. The highest BCUT2D eigenvalue weighted by Crippen LogP contribution is 2.24. The monoisotopic (exact) mass is 297 g/mol. The van der Waals surface area contributed by atoms with Gasteiger partial charge in [0.1, 0.15) is 5.75 Å². The van der Waals surface area contributed by atoms with Crippen molar-refractivity contribution >= 4 is 17.5 Å². The summed E-state index contributed by atoms with van der Waals surface area (Å²) in [5.41, 5.74) is 0. The first-order chi connectivity index (χ1) is 9.58. The molecule has 0 spiro atoms. The average molecular weight is 298 g/mol. The van der Waals surface area contributed by atoms with Gasteiger partial charge in [-0.2, -0.15) is 0 Å². The van der Waals surface area contributed by atoms with E-state index < -0.39 is 6.10 Å². The third-order valence-corrected chi connectivity index (χ3v) is 3.81. The molecule has 1 N–H and O–H groups in total. The van der Waals surface area contributed by atoms with Crippen molar-refractivity contribution in [1.29, 1.82) is 0 Å². The number of rotatable bonds is 5. The van der Waals surface area contributed by atoms with E-state index in [9.17, 15) is 9.90 Å². The number of halogens is 1. The lowest BCUT2D eigenvalue weighted by Gasteiger charge is -2.25. The van der Waals surface area contributed by atoms with Crippen LogP contribution in [0.4, 0.5) is 0 Å². The van der Waals surface area contributed by atoms with Crippen LogP contribution >= 0.6 is 11.6 Å². The smallest absolute Gasteiger partial charge is 0.260 e. The number of ether oxygens (including phenoxy) is 1. The Balaban J connectivity index is 1.90. The van der Waals surface area contributed by atoms with Crippen LogP contribution in [-0.2, 0) is 4.79 Å². The topological polar surface area (TPSA) is 49.8 Å². The summed E-state index contributed by atoms with van der Waals surface area (Å²) in [7, 11) is 0. The molecule has 2 rings (SSSR count). The van der Waals surface area contributed by atoms with E-state index in [0.717, 1.165) is 19.4 Å². The molecule has 1 amide bonds. The summed E-state index contributed by atoms with van der Waals surface area (Å²) in [5, 5.41) is 9.97. The normalized spacial score (nSPS) is 19.9. The minimum Gasteiger partial charge on any atom is -0.482 e. The predicted molar refractivity (Wildman–Crippen MR) is 78.0 cm³/mol.